The summed E-state index contributed by atoms with van der Waals surface area (Å²) in [4.78, 5) is 8.14. The van der Waals surface area contributed by atoms with E-state index in [1.807, 2.05) is 0 Å². The number of nitrogens with one attached hydrogen (secondary N) is 1. The normalized spacial score (nSPS) is 16.4. The highest BCUT2D eigenvalue weighted by molar-refractivity contribution is 7.89. The van der Waals surface area contributed by atoms with Crippen molar-refractivity contribution < 1.29 is 12.8 Å². The topological polar surface area (TPSA) is 75.2 Å². The summed E-state index contributed by atoms with van der Waals surface area (Å²) in [5.74, 6) is 0.0136. The molecule has 0 aliphatic carbocycles. The van der Waals surface area contributed by atoms with E-state index in [0.29, 0.717) is 19.0 Å². The molecule has 110 valence electrons. The van der Waals surface area contributed by atoms with Gasteiger partial charge < -0.3 is 5.32 Å². The van der Waals surface area contributed by atoms with Gasteiger partial charge in [-0.25, -0.2) is 22.8 Å². The smallest absolute Gasteiger partial charge is 0.243 e. The van der Waals surface area contributed by atoms with Crippen LogP contribution in [0.2, 0.25) is 0 Å². The Balaban J connectivity index is 1.64. The van der Waals surface area contributed by atoms with E-state index in [1.54, 1.807) is 18.5 Å². The monoisotopic (exact) mass is 308 g/mol. The average Bonchev–Trinajstić information content (AvgIpc) is 2.44. The van der Waals surface area contributed by atoms with Crippen molar-refractivity contribution in [3.8, 4) is 0 Å². The molecular formula is C13H13FN4O2S. The highest BCUT2D eigenvalue weighted by Gasteiger charge is 2.36. The van der Waals surface area contributed by atoms with Gasteiger partial charge >= 0.3 is 0 Å². The predicted octanol–water partition coefficient (Wildman–Crippen LogP) is 1.10. The lowest BCUT2D eigenvalue weighted by Gasteiger charge is -2.38. The van der Waals surface area contributed by atoms with Crippen molar-refractivity contribution in [2.45, 2.75) is 10.9 Å². The summed E-state index contributed by atoms with van der Waals surface area (Å²) in [5, 5.41) is 3.05. The number of nitrogens with zero attached hydrogens (tertiary/aromatic N) is 3. The zero-order valence-electron chi connectivity index (χ0n) is 11.0. The van der Waals surface area contributed by atoms with E-state index in [4.69, 9.17) is 0 Å². The van der Waals surface area contributed by atoms with Crippen molar-refractivity contribution in [2.75, 3.05) is 18.4 Å². The standard InChI is InChI=1S/C13H13FN4O2S/c14-10-2-4-12(5-3-10)21(19,20)18-8-11(9-18)17-13-15-6-1-7-16-13/h1-7,11H,8-9H2,(H,15,16,17). The third-order valence-corrected chi connectivity index (χ3v) is 5.04. The first-order chi connectivity index (χ1) is 10.1. The second-order valence-electron chi connectivity index (χ2n) is 4.69. The highest BCUT2D eigenvalue weighted by Crippen LogP contribution is 2.22. The number of hydrogen-bond acceptors (Lipinski definition) is 5. The SMILES string of the molecule is O=S(=O)(c1ccc(F)cc1)N1CC(Nc2ncccn2)C1. The van der Waals surface area contributed by atoms with E-state index in [-0.39, 0.29) is 10.9 Å². The minimum atomic E-state index is -3.56. The van der Waals surface area contributed by atoms with Crippen LogP contribution in [0.3, 0.4) is 0 Å². The van der Waals surface area contributed by atoms with Crippen molar-refractivity contribution in [1.82, 2.24) is 14.3 Å². The fourth-order valence-electron chi connectivity index (χ4n) is 2.04. The van der Waals surface area contributed by atoms with Crippen LogP contribution in [-0.2, 0) is 10.0 Å². The van der Waals surface area contributed by atoms with Crippen LogP contribution in [0.15, 0.2) is 47.6 Å². The Bertz CT molecular complexity index is 716. The fourth-order valence-corrected chi connectivity index (χ4v) is 3.57. The van der Waals surface area contributed by atoms with Gasteiger partial charge in [0.25, 0.3) is 0 Å². The number of rotatable bonds is 4. The van der Waals surface area contributed by atoms with Crippen LogP contribution in [0, 0.1) is 5.82 Å². The summed E-state index contributed by atoms with van der Waals surface area (Å²) < 4.78 is 38.7. The second kappa shape index (κ2) is 5.38. The van der Waals surface area contributed by atoms with Gasteiger partial charge in [-0.1, -0.05) is 0 Å². The number of benzene rings is 1. The van der Waals surface area contributed by atoms with Crippen LogP contribution >= 0.6 is 0 Å². The fraction of sp³-hybridized carbons (Fsp3) is 0.231. The first kappa shape index (κ1) is 13.9. The number of anilines is 1. The molecular weight excluding hydrogens is 295 g/mol. The van der Waals surface area contributed by atoms with E-state index in [2.05, 4.69) is 15.3 Å². The molecule has 0 atom stereocenters. The molecule has 6 nitrogen and oxygen atoms in total. The summed E-state index contributed by atoms with van der Waals surface area (Å²) >= 11 is 0. The minimum absolute atomic E-state index is 0.0253. The third-order valence-electron chi connectivity index (χ3n) is 3.20. The molecule has 1 N–H and O–H groups in total. The van der Waals surface area contributed by atoms with E-state index >= 15 is 0 Å². The Hall–Kier alpha value is -2.06. The Labute approximate surface area is 121 Å². The molecule has 0 radical (unpaired) electrons. The highest BCUT2D eigenvalue weighted by atomic mass is 32.2. The van der Waals surface area contributed by atoms with Crippen molar-refractivity contribution in [2.24, 2.45) is 0 Å². The molecule has 0 bridgehead atoms. The van der Waals surface area contributed by atoms with Crippen molar-refractivity contribution >= 4 is 16.0 Å². The maximum Gasteiger partial charge on any atom is 0.243 e. The van der Waals surface area contributed by atoms with E-state index in [9.17, 15) is 12.8 Å². The Morgan fingerprint density at radius 2 is 1.76 bits per heavy atom. The summed E-state index contributed by atoms with van der Waals surface area (Å²) in [7, 11) is -3.56. The van der Waals surface area contributed by atoms with Gasteiger partial charge in [0.05, 0.1) is 10.9 Å². The lowest BCUT2D eigenvalue weighted by Crippen LogP contribution is -2.56. The molecule has 2 heterocycles. The molecule has 8 heteroatoms. The zero-order valence-corrected chi connectivity index (χ0v) is 11.8. The lowest BCUT2D eigenvalue weighted by atomic mass is 10.2. The second-order valence-corrected chi connectivity index (χ2v) is 6.63. The number of hydrogen-bond donors (Lipinski definition) is 1. The van der Waals surface area contributed by atoms with Gasteiger partial charge in [0, 0.05) is 25.5 Å². The van der Waals surface area contributed by atoms with Crippen LogP contribution in [0.25, 0.3) is 0 Å². The van der Waals surface area contributed by atoms with Gasteiger partial charge in [-0.15, -0.1) is 0 Å². The van der Waals surface area contributed by atoms with Crippen LogP contribution in [0.4, 0.5) is 10.3 Å². The van der Waals surface area contributed by atoms with E-state index in [1.165, 1.54) is 16.4 Å². The quantitative estimate of drug-likeness (QED) is 0.915. The third kappa shape index (κ3) is 2.86. The number of aromatic nitrogens is 2. The largest absolute Gasteiger partial charge is 0.349 e. The Morgan fingerprint density at radius 3 is 2.38 bits per heavy atom. The van der Waals surface area contributed by atoms with E-state index < -0.39 is 15.8 Å². The maximum absolute atomic E-state index is 12.8. The summed E-state index contributed by atoms with van der Waals surface area (Å²) in [6.07, 6.45) is 3.22. The van der Waals surface area contributed by atoms with E-state index in [0.717, 1.165) is 12.1 Å². The minimum Gasteiger partial charge on any atom is -0.349 e. The van der Waals surface area contributed by atoms with Crippen LogP contribution < -0.4 is 5.32 Å². The maximum atomic E-state index is 12.8. The summed E-state index contributed by atoms with van der Waals surface area (Å²) in [6.45, 7) is 0.663. The molecule has 21 heavy (non-hydrogen) atoms. The van der Waals surface area contributed by atoms with Gasteiger partial charge in [0.1, 0.15) is 5.82 Å². The first-order valence-electron chi connectivity index (χ1n) is 6.35. The molecule has 1 aromatic carbocycles. The molecule has 1 aromatic heterocycles. The molecule has 1 aliphatic heterocycles. The molecule has 2 aromatic rings. The predicted molar refractivity (Wildman–Crippen MR) is 74.6 cm³/mol. The Kier molecular flexibility index (Phi) is 3.56. The molecule has 1 aliphatic rings. The lowest BCUT2D eigenvalue weighted by molar-refractivity contribution is 0.280. The number of halogens is 1. The van der Waals surface area contributed by atoms with Crippen molar-refractivity contribution in [3.63, 3.8) is 0 Å². The van der Waals surface area contributed by atoms with Crippen molar-refractivity contribution in [1.29, 1.82) is 0 Å². The molecule has 3 rings (SSSR count). The van der Waals surface area contributed by atoms with Gasteiger partial charge in [-0.3, -0.25) is 0 Å². The van der Waals surface area contributed by atoms with Crippen LogP contribution in [0.5, 0.6) is 0 Å². The van der Waals surface area contributed by atoms with Gasteiger partial charge in [0.2, 0.25) is 16.0 Å². The molecule has 1 fully saturated rings. The molecule has 0 amide bonds. The Morgan fingerprint density at radius 1 is 1.14 bits per heavy atom. The van der Waals surface area contributed by atoms with Gasteiger partial charge in [-0.05, 0) is 30.3 Å². The zero-order chi connectivity index (χ0) is 14.9. The summed E-state index contributed by atoms with van der Waals surface area (Å²) in [5.41, 5.74) is 0. The van der Waals surface area contributed by atoms with Gasteiger partial charge in [-0.2, -0.15) is 4.31 Å². The van der Waals surface area contributed by atoms with Crippen LogP contribution in [-0.4, -0.2) is 41.8 Å². The number of sulfonamides is 1. The molecule has 1 saturated heterocycles. The summed E-state index contributed by atoms with van der Waals surface area (Å²) in [6, 6.07) is 6.50. The molecule has 0 saturated carbocycles. The van der Waals surface area contributed by atoms with Crippen molar-refractivity contribution in [3.05, 3.63) is 48.5 Å². The average molecular weight is 308 g/mol. The molecule has 0 unspecified atom stereocenters. The van der Waals surface area contributed by atoms with Gasteiger partial charge in [0.15, 0.2) is 0 Å². The first-order valence-corrected chi connectivity index (χ1v) is 7.79. The van der Waals surface area contributed by atoms with Crippen LogP contribution in [0.1, 0.15) is 0 Å². The molecule has 0 spiro atoms.